The number of halogens is 2. The van der Waals surface area contributed by atoms with Crippen LogP contribution < -0.4 is 0 Å². The predicted molar refractivity (Wildman–Crippen MR) is 268 cm³/mol. The number of aliphatic hydroxyl groups excluding tert-OH is 12. The van der Waals surface area contributed by atoms with Crippen molar-refractivity contribution in [1.29, 1.82) is 0 Å². The number of carbonyl (C=O) groups is 12. The van der Waals surface area contributed by atoms with E-state index in [9.17, 15) is 47.9 Å². The third-order valence-electron chi connectivity index (χ3n) is 6.30. The van der Waals surface area contributed by atoms with Crippen LogP contribution in [0.15, 0.2) is 0 Å². The first kappa shape index (κ1) is 138. The third-order valence-corrected chi connectivity index (χ3v) is 6.30. The van der Waals surface area contributed by atoms with Crippen molar-refractivity contribution in [3.05, 3.63) is 0 Å². The van der Waals surface area contributed by atoms with Gasteiger partial charge in [0, 0.05) is 0 Å². The van der Waals surface area contributed by atoms with E-state index in [1.807, 2.05) is 0 Å². The average Bonchev–Trinajstić information content (AvgIpc) is 3.20. The standard InChI is InChI=1S/2C6H8O7.2C6H12O7.2C3H6O3.2CH2O3.7Ca.2ClH.2O/c2*7-3(8)1-6(13,5(11)12)2-4(9)10;2*7-1-2(8)3(9)4(10)5(11)6(12)13;2*1-2(4)3(5)6;2*2-1(3)4;;;;;;;;;;;/h2*13H,1-2H2,(H,7,8)(H,9,10)(H,11,12);2*2-5,7-11H,1H2,(H,12,13);2*2,4H,1H3,(H,5,6);2*(H2,2,3,4);;;;;;;;2*1H;;/q;;;;;;;;7*+2;;;2*-2/t;;2*2-,3-,4+,5-;;;;;;;;;;;;;;;/m..11.............../s1. The van der Waals surface area contributed by atoms with E-state index in [2.05, 4.69) is 0 Å². The molecule has 0 bridgehead atoms. The topological polar surface area (TPSA) is 828 Å². The van der Waals surface area contributed by atoms with E-state index in [0.717, 1.165) is 0 Å². The van der Waals surface area contributed by atoms with Crippen LogP contribution in [0, 0.1) is 0 Å². The molecular weight excluding hydrogens is 1410 g/mol. The first-order valence-electron chi connectivity index (χ1n) is 17.7. The molecule has 0 heterocycles. The fraction of sp³-hybridized carbons (Fsp3) is 0.625. The Kier molecular flexibility index (Phi) is 130. The number of rotatable bonds is 22. The van der Waals surface area contributed by atoms with E-state index in [1.165, 1.54) is 13.8 Å². The summed E-state index contributed by atoms with van der Waals surface area (Å²) in [5.41, 5.74) is -5.48. The Morgan fingerprint density at radius 1 is 0.325 bits per heavy atom. The van der Waals surface area contributed by atoms with Crippen LogP contribution in [0.5, 0.6) is 0 Å². The van der Waals surface area contributed by atoms with E-state index < -0.39 is 183 Å². The van der Waals surface area contributed by atoms with Gasteiger partial charge in [0.1, 0.15) is 48.8 Å². The summed E-state index contributed by atoms with van der Waals surface area (Å²) in [7, 11) is 0. The molecule has 0 spiro atoms. The van der Waals surface area contributed by atoms with Gasteiger partial charge < -0.3 is 154 Å². The molecule has 0 amide bonds. The molecule has 0 saturated carbocycles. The summed E-state index contributed by atoms with van der Waals surface area (Å²) in [5, 5.41) is 231. The van der Waals surface area contributed by atoms with Crippen LogP contribution >= 0.6 is 24.8 Å². The largest absolute Gasteiger partial charge is 2.00 e. The SMILES string of the molecule is CC(O)C(=O)O.CC(O)C(=O)O.Cl.Cl.O=C(O)CC(O)(CC(=O)O)C(=O)O.O=C(O)CC(O)(CC(=O)O)C(=O)O.O=C(O)O.O=C(O)O.O=C(O)[C@H](O)[C@@H](O)[C@H](O)[C@H](O)CO.O=C(O)[C@H](O)[C@@H](O)[C@H](O)[C@H](O)CO.[Ca+2].[Ca+2].[Ca+2].[Ca+2].[Ca+2].[Ca+2].[Ca+2].[O-2].[O-2]. The molecule has 42 nitrogen and oxygen atoms in total. The van der Waals surface area contributed by atoms with Crippen LogP contribution in [0.1, 0.15) is 39.5 Å². The number of aliphatic hydroxyl groups is 14. The second kappa shape index (κ2) is 78.2. The zero-order chi connectivity index (χ0) is 59.9. The molecule has 0 fully saturated rings. The van der Waals surface area contributed by atoms with Gasteiger partial charge in [-0.25, -0.2) is 38.4 Å². The number of aliphatic carboxylic acids is 10. The number of hydrogen-bond donors (Lipinski definition) is 28. The second-order valence-corrected chi connectivity index (χ2v) is 12.6. The van der Waals surface area contributed by atoms with Gasteiger partial charge in [-0.15, -0.1) is 24.8 Å². The quantitative estimate of drug-likeness (QED) is 0.0448. The van der Waals surface area contributed by atoms with Crippen LogP contribution in [0.3, 0.4) is 0 Å². The van der Waals surface area contributed by atoms with Crippen molar-refractivity contribution in [3.63, 3.8) is 0 Å². The number of carboxylic acid groups (broad SMARTS) is 14. The van der Waals surface area contributed by atoms with Crippen molar-refractivity contribution in [2.45, 2.75) is 112 Å². The van der Waals surface area contributed by atoms with E-state index >= 15 is 0 Å². The summed E-state index contributed by atoms with van der Waals surface area (Å²) in [4.78, 5) is 117. The smallest absolute Gasteiger partial charge is 2.00 e. The molecule has 2 unspecified atom stereocenters. The maximum atomic E-state index is 10.3. The van der Waals surface area contributed by atoms with Gasteiger partial charge in [0.15, 0.2) is 23.4 Å². The van der Waals surface area contributed by atoms with Gasteiger partial charge in [-0.1, -0.05) is 0 Å². The molecule has 10 atom stereocenters. The molecule has 0 aromatic carbocycles. The van der Waals surface area contributed by atoms with Gasteiger partial charge in [-0.2, -0.15) is 0 Å². The van der Waals surface area contributed by atoms with E-state index in [-0.39, 0.29) is 300 Å². The minimum Gasteiger partial charge on any atom is -2.00 e. The summed E-state index contributed by atoms with van der Waals surface area (Å²) >= 11 is 0. The van der Waals surface area contributed by atoms with Crippen LogP contribution in [0.4, 0.5) is 9.59 Å². The van der Waals surface area contributed by atoms with Gasteiger partial charge >= 0.3 is 336 Å². The molecule has 0 radical (unpaired) electrons. The first-order chi connectivity index (χ1) is 32.1. The van der Waals surface area contributed by atoms with Crippen molar-refractivity contribution >= 4 is 361 Å². The Morgan fingerprint density at radius 3 is 0.530 bits per heavy atom. The Morgan fingerprint density at radius 2 is 0.458 bits per heavy atom. The minimum atomic E-state index is -2.74. The summed E-state index contributed by atoms with van der Waals surface area (Å²) < 4.78 is 0. The zero-order valence-corrected chi connectivity index (χ0v) is 60.1. The van der Waals surface area contributed by atoms with Gasteiger partial charge in [-0.05, 0) is 13.8 Å². The zero-order valence-electron chi connectivity index (χ0n) is 43.0. The molecule has 0 aliphatic rings. The van der Waals surface area contributed by atoms with Crippen molar-refractivity contribution < 1.29 is 211 Å². The minimum absolute atomic E-state index is 0. The summed E-state index contributed by atoms with van der Waals surface area (Å²) in [6, 6.07) is 0. The summed E-state index contributed by atoms with van der Waals surface area (Å²) in [5.74, 6) is -15.9. The predicted octanol–water partition coefficient (Wildman–Crippen LogP) is -12.2. The summed E-state index contributed by atoms with van der Waals surface area (Å²) in [6.45, 7) is 0.708. The summed E-state index contributed by atoms with van der Waals surface area (Å²) in [6.07, 6.45) is -26.4. The molecule has 0 aromatic heterocycles. The maximum Gasteiger partial charge on any atom is 2.00 e. The Hall–Kier alpha value is 2.00. The normalized spacial score (nSPS) is 12.3. The van der Waals surface area contributed by atoms with Gasteiger partial charge in [0.25, 0.3) is 0 Å². The van der Waals surface area contributed by atoms with E-state index in [0.29, 0.717) is 0 Å². The van der Waals surface area contributed by atoms with E-state index in [4.69, 9.17) is 153 Å². The van der Waals surface area contributed by atoms with Crippen molar-refractivity contribution in [2.24, 2.45) is 0 Å². The van der Waals surface area contributed by atoms with Crippen LogP contribution in [-0.4, -0.2) is 565 Å². The van der Waals surface area contributed by atoms with Crippen molar-refractivity contribution in [2.75, 3.05) is 13.2 Å². The second-order valence-electron chi connectivity index (χ2n) is 12.6. The molecule has 0 aromatic rings. The van der Waals surface area contributed by atoms with Crippen LogP contribution in [0.2, 0.25) is 0 Å². The molecule has 83 heavy (non-hydrogen) atoms. The molecule has 0 rings (SSSR count). The molecule has 28 N–H and O–H groups in total. The van der Waals surface area contributed by atoms with Crippen LogP contribution in [0.25, 0.3) is 0 Å². The Labute approximate surface area is 685 Å². The molecule has 0 aliphatic heterocycles. The molecule has 51 heteroatoms. The first-order valence-corrected chi connectivity index (χ1v) is 17.7. The van der Waals surface area contributed by atoms with Gasteiger partial charge in [0.2, 0.25) is 0 Å². The van der Waals surface area contributed by atoms with Gasteiger partial charge in [0.05, 0.1) is 38.9 Å². The molecule has 456 valence electrons. The van der Waals surface area contributed by atoms with Crippen LogP contribution in [-0.2, 0) is 58.9 Å². The number of carboxylic acids is 10. The number of hydrogen-bond acceptors (Lipinski definition) is 26. The fourth-order valence-electron chi connectivity index (χ4n) is 2.77. The average molecular weight is 1470 g/mol. The Bertz CT molecular complexity index is 1560. The van der Waals surface area contributed by atoms with Gasteiger partial charge in [-0.3, -0.25) is 19.2 Å². The van der Waals surface area contributed by atoms with E-state index in [1.54, 1.807) is 0 Å². The van der Waals surface area contributed by atoms with Crippen molar-refractivity contribution in [3.8, 4) is 0 Å². The Balaban J connectivity index is -0.0000000336. The van der Waals surface area contributed by atoms with Crippen molar-refractivity contribution in [1.82, 2.24) is 0 Å². The maximum absolute atomic E-state index is 10.3. The fourth-order valence-corrected chi connectivity index (χ4v) is 2.77. The monoisotopic (exact) mass is 1460 g/mol. The molecule has 0 saturated heterocycles. The third kappa shape index (κ3) is 92.8. The molecule has 0 aliphatic carbocycles. The molecular formula is C32H58Ca7Cl2O42+10.